The van der Waals surface area contributed by atoms with Gasteiger partial charge in [0.05, 0.1) is 20.8 Å². The van der Waals surface area contributed by atoms with Gasteiger partial charge in [0.25, 0.3) is 0 Å². The van der Waals surface area contributed by atoms with E-state index < -0.39 is 0 Å². The van der Waals surface area contributed by atoms with E-state index in [1.54, 1.807) is 0 Å². The number of nitrogens with one attached hydrogen (secondary N) is 1. The Morgan fingerprint density at radius 1 is 1.19 bits per heavy atom. The van der Waals surface area contributed by atoms with Gasteiger partial charge in [-0.15, -0.1) is 0 Å². The topological polar surface area (TPSA) is 84.9 Å². The van der Waals surface area contributed by atoms with Gasteiger partial charge >= 0.3 is 11.9 Å². The lowest BCUT2D eigenvalue weighted by atomic mass is 10.0. The van der Waals surface area contributed by atoms with Gasteiger partial charge in [0.2, 0.25) is 5.91 Å². The van der Waals surface area contributed by atoms with Crippen molar-refractivity contribution in [1.29, 1.82) is 0 Å². The minimum absolute atomic E-state index is 0.143. The standard InChI is InChI=1S/C14H24N2O5/c1-20-13(18)7-5-8-15-12(17)10-16-9-4-3-6-11(16)14(19)21-2/h11H,3-10H2,1-2H3,(H,15,17). The van der Waals surface area contributed by atoms with Gasteiger partial charge in [0.1, 0.15) is 6.04 Å². The monoisotopic (exact) mass is 300 g/mol. The molecule has 1 aliphatic rings. The SMILES string of the molecule is COC(=O)CCCNC(=O)CN1CCCCC1C(=O)OC. The third kappa shape index (κ3) is 6.12. The van der Waals surface area contributed by atoms with Crippen LogP contribution in [0.1, 0.15) is 32.1 Å². The van der Waals surface area contributed by atoms with E-state index in [-0.39, 0.29) is 36.9 Å². The number of amides is 1. The number of rotatable bonds is 7. The normalized spacial score (nSPS) is 18.9. The second-order valence-corrected chi connectivity index (χ2v) is 5.03. The summed E-state index contributed by atoms with van der Waals surface area (Å²) in [6, 6.07) is -0.329. The molecule has 0 aromatic carbocycles. The van der Waals surface area contributed by atoms with Crippen LogP contribution in [0.4, 0.5) is 0 Å². The summed E-state index contributed by atoms with van der Waals surface area (Å²) >= 11 is 0. The summed E-state index contributed by atoms with van der Waals surface area (Å²) in [5, 5.41) is 2.75. The van der Waals surface area contributed by atoms with E-state index in [0.29, 0.717) is 13.0 Å². The molecule has 1 unspecified atom stereocenters. The summed E-state index contributed by atoms with van der Waals surface area (Å²) in [6.45, 7) is 1.32. The third-order valence-electron chi connectivity index (χ3n) is 3.54. The Kier molecular flexibility index (Phi) is 7.74. The number of hydrogen-bond acceptors (Lipinski definition) is 6. The van der Waals surface area contributed by atoms with Crippen LogP contribution in [-0.4, -0.2) is 62.6 Å². The Balaban J connectivity index is 2.31. The Morgan fingerprint density at radius 2 is 1.95 bits per heavy atom. The molecule has 1 rings (SSSR count). The van der Waals surface area contributed by atoms with Gasteiger partial charge in [-0.1, -0.05) is 6.42 Å². The maximum atomic E-state index is 11.9. The van der Waals surface area contributed by atoms with Crippen LogP contribution in [-0.2, 0) is 23.9 Å². The fraction of sp³-hybridized carbons (Fsp3) is 0.786. The van der Waals surface area contributed by atoms with Crippen molar-refractivity contribution in [3.63, 3.8) is 0 Å². The van der Waals surface area contributed by atoms with Crippen LogP contribution in [0, 0.1) is 0 Å². The molecule has 0 spiro atoms. The largest absolute Gasteiger partial charge is 0.469 e. The molecule has 1 atom stereocenters. The predicted molar refractivity (Wildman–Crippen MR) is 75.5 cm³/mol. The van der Waals surface area contributed by atoms with Crippen molar-refractivity contribution in [2.24, 2.45) is 0 Å². The summed E-state index contributed by atoms with van der Waals surface area (Å²) < 4.78 is 9.30. The molecule has 0 aromatic heterocycles. The number of hydrogen-bond donors (Lipinski definition) is 1. The molecule has 0 saturated carbocycles. The molecule has 1 amide bonds. The van der Waals surface area contributed by atoms with E-state index in [2.05, 4.69) is 10.1 Å². The molecule has 0 radical (unpaired) electrons. The first kappa shape index (κ1) is 17.4. The molecule has 21 heavy (non-hydrogen) atoms. The van der Waals surface area contributed by atoms with Crippen molar-refractivity contribution in [2.45, 2.75) is 38.1 Å². The van der Waals surface area contributed by atoms with Crippen LogP contribution in [0.15, 0.2) is 0 Å². The number of methoxy groups -OCH3 is 2. The molecule has 120 valence electrons. The van der Waals surface area contributed by atoms with Gasteiger partial charge in [-0.05, 0) is 25.8 Å². The lowest BCUT2D eigenvalue weighted by Gasteiger charge is -2.32. The van der Waals surface area contributed by atoms with Gasteiger partial charge in [0, 0.05) is 13.0 Å². The highest BCUT2D eigenvalue weighted by Gasteiger charge is 2.30. The number of piperidine rings is 1. The second kappa shape index (κ2) is 9.33. The summed E-state index contributed by atoms with van der Waals surface area (Å²) in [7, 11) is 2.70. The van der Waals surface area contributed by atoms with Crippen molar-refractivity contribution in [2.75, 3.05) is 33.9 Å². The highest BCUT2D eigenvalue weighted by molar-refractivity contribution is 5.80. The van der Waals surface area contributed by atoms with Crippen LogP contribution in [0.5, 0.6) is 0 Å². The maximum absolute atomic E-state index is 11.9. The van der Waals surface area contributed by atoms with Gasteiger partial charge in [-0.25, -0.2) is 0 Å². The van der Waals surface area contributed by atoms with Crippen LogP contribution in [0.3, 0.4) is 0 Å². The fourth-order valence-electron chi connectivity index (χ4n) is 2.39. The zero-order valence-corrected chi connectivity index (χ0v) is 12.7. The van der Waals surface area contributed by atoms with Crippen LogP contribution < -0.4 is 5.32 Å². The number of likely N-dealkylation sites (tertiary alicyclic amines) is 1. The minimum Gasteiger partial charge on any atom is -0.469 e. The van der Waals surface area contributed by atoms with Gasteiger partial charge < -0.3 is 14.8 Å². The summed E-state index contributed by atoms with van der Waals surface area (Å²) in [6.07, 6.45) is 3.49. The molecule has 7 heteroatoms. The zero-order chi connectivity index (χ0) is 15.7. The molecule has 1 saturated heterocycles. The van der Waals surface area contributed by atoms with Crippen molar-refractivity contribution in [1.82, 2.24) is 10.2 Å². The van der Waals surface area contributed by atoms with Crippen LogP contribution in [0.25, 0.3) is 0 Å². The molecular formula is C14H24N2O5. The average molecular weight is 300 g/mol. The molecular weight excluding hydrogens is 276 g/mol. The first-order chi connectivity index (χ1) is 10.1. The molecule has 1 fully saturated rings. The van der Waals surface area contributed by atoms with Gasteiger partial charge in [-0.3, -0.25) is 19.3 Å². The molecule has 1 N–H and O–H groups in total. The lowest BCUT2D eigenvalue weighted by molar-refractivity contribution is -0.149. The highest BCUT2D eigenvalue weighted by Crippen LogP contribution is 2.17. The van der Waals surface area contributed by atoms with Crippen LogP contribution in [0.2, 0.25) is 0 Å². The molecule has 1 aliphatic heterocycles. The Bertz CT molecular complexity index is 372. The number of ether oxygens (including phenoxy) is 2. The number of esters is 2. The quantitative estimate of drug-likeness (QED) is 0.529. The van der Waals surface area contributed by atoms with Crippen molar-refractivity contribution in [3.8, 4) is 0 Å². The molecule has 0 aromatic rings. The first-order valence-electron chi connectivity index (χ1n) is 7.24. The molecule has 7 nitrogen and oxygen atoms in total. The van der Waals surface area contributed by atoms with Gasteiger partial charge in [0.15, 0.2) is 0 Å². The number of carbonyl (C=O) groups excluding carboxylic acids is 3. The summed E-state index contributed by atoms with van der Waals surface area (Å²) in [5.74, 6) is -0.713. The predicted octanol–water partition coefficient (Wildman–Crippen LogP) is 0.0833. The molecule has 1 heterocycles. The van der Waals surface area contributed by atoms with Gasteiger partial charge in [-0.2, -0.15) is 0 Å². The Labute approximate surface area is 124 Å². The summed E-state index contributed by atoms with van der Waals surface area (Å²) in [5.41, 5.74) is 0. The molecule has 0 bridgehead atoms. The minimum atomic E-state index is -0.329. The van der Waals surface area contributed by atoms with Crippen LogP contribution >= 0.6 is 0 Å². The Hall–Kier alpha value is -1.63. The molecule has 0 aliphatic carbocycles. The highest BCUT2D eigenvalue weighted by atomic mass is 16.5. The third-order valence-corrected chi connectivity index (χ3v) is 3.54. The average Bonchev–Trinajstić information content (AvgIpc) is 2.51. The first-order valence-corrected chi connectivity index (χ1v) is 7.24. The zero-order valence-electron chi connectivity index (χ0n) is 12.7. The van der Waals surface area contributed by atoms with E-state index in [1.807, 2.05) is 4.90 Å². The van der Waals surface area contributed by atoms with E-state index in [0.717, 1.165) is 25.8 Å². The lowest BCUT2D eigenvalue weighted by Crippen LogP contribution is -2.49. The fourth-order valence-corrected chi connectivity index (χ4v) is 2.39. The van der Waals surface area contributed by atoms with E-state index in [4.69, 9.17) is 4.74 Å². The van der Waals surface area contributed by atoms with E-state index >= 15 is 0 Å². The number of carbonyl (C=O) groups is 3. The smallest absolute Gasteiger partial charge is 0.323 e. The van der Waals surface area contributed by atoms with E-state index in [9.17, 15) is 14.4 Å². The van der Waals surface area contributed by atoms with E-state index in [1.165, 1.54) is 14.2 Å². The second-order valence-electron chi connectivity index (χ2n) is 5.03. The van der Waals surface area contributed by atoms with Crippen molar-refractivity contribution >= 4 is 17.8 Å². The Morgan fingerprint density at radius 3 is 2.62 bits per heavy atom. The van der Waals surface area contributed by atoms with Crippen molar-refractivity contribution < 1.29 is 23.9 Å². The summed E-state index contributed by atoms with van der Waals surface area (Å²) in [4.78, 5) is 36.3. The maximum Gasteiger partial charge on any atom is 0.323 e. The number of nitrogens with zero attached hydrogens (tertiary/aromatic N) is 1. The van der Waals surface area contributed by atoms with Crippen molar-refractivity contribution in [3.05, 3.63) is 0 Å².